The van der Waals surface area contributed by atoms with Gasteiger partial charge in [0, 0.05) is 32.5 Å². The van der Waals surface area contributed by atoms with Gasteiger partial charge in [-0.05, 0) is 37.3 Å². The number of aromatic nitrogens is 1. The Hall–Kier alpha value is -1.76. The standard InChI is InChI=1S/C17H26N2O4S.C2HF3O2/c1-2-11-24(20,21)19-13-17(14-19)15(7-10-23-17)6-9-22-12-16-5-3-4-8-18-16;3-2(4,5)1(6)7/h3-5,8,15H,2,6-7,9-14H2,1H3;(H,6,7). The summed E-state index contributed by atoms with van der Waals surface area (Å²) in [6.45, 7) is 4.76. The van der Waals surface area contributed by atoms with Gasteiger partial charge in [-0.2, -0.15) is 17.5 Å². The highest BCUT2D eigenvalue weighted by atomic mass is 32.2. The summed E-state index contributed by atoms with van der Waals surface area (Å²) in [6, 6.07) is 5.78. The quantitative estimate of drug-likeness (QED) is 0.584. The van der Waals surface area contributed by atoms with Gasteiger partial charge in [-0.15, -0.1) is 0 Å². The molecule has 1 unspecified atom stereocenters. The number of ether oxygens (including phenoxy) is 2. The number of pyridine rings is 1. The third-order valence-corrected chi connectivity index (χ3v) is 7.14. The Kier molecular flexibility index (Phi) is 8.81. The summed E-state index contributed by atoms with van der Waals surface area (Å²) in [7, 11) is -3.11. The number of carboxylic acids is 1. The number of hydrogen-bond acceptors (Lipinski definition) is 6. The minimum Gasteiger partial charge on any atom is -0.475 e. The van der Waals surface area contributed by atoms with Gasteiger partial charge in [-0.25, -0.2) is 13.2 Å². The van der Waals surface area contributed by atoms with Crippen molar-refractivity contribution in [2.24, 2.45) is 5.92 Å². The van der Waals surface area contributed by atoms with Gasteiger partial charge in [0.05, 0.1) is 23.7 Å². The summed E-state index contributed by atoms with van der Waals surface area (Å²) in [5.74, 6) is -2.16. The van der Waals surface area contributed by atoms with E-state index in [0.29, 0.717) is 45.2 Å². The number of sulfonamides is 1. The molecule has 1 aromatic heterocycles. The second kappa shape index (κ2) is 10.7. The molecule has 2 aliphatic heterocycles. The van der Waals surface area contributed by atoms with E-state index in [9.17, 15) is 21.6 Å². The van der Waals surface area contributed by atoms with Crippen molar-refractivity contribution in [1.82, 2.24) is 9.29 Å². The minimum absolute atomic E-state index is 0.223. The van der Waals surface area contributed by atoms with Gasteiger partial charge < -0.3 is 14.6 Å². The third kappa shape index (κ3) is 7.13. The molecule has 1 spiro atoms. The van der Waals surface area contributed by atoms with Crippen LogP contribution in [0.2, 0.25) is 0 Å². The molecule has 0 amide bonds. The largest absolute Gasteiger partial charge is 0.490 e. The molecule has 0 bridgehead atoms. The SMILES string of the molecule is CCCS(=O)(=O)N1CC2(C1)OCCC2CCOCc1ccccn1.O=C(O)C(F)(F)F. The average Bonchev–Trinajstić information content (AvgIpc) is 3.09. The van der Waals surface area contributed by atoms with Crippen LogP contribution >= 0.6 is 0 Å². The zero-order chi connectivity index (χ0) is 23.1. The van der Waals surface area contributed by atoms with E-state index >= 15 is 0 Å². The summed E-state index contributed by atoms with van der Waals surface area (Å²) in [6.07, 6.45) is -0.793. The Bertz CT molecular complexity index is 814. The molecule has 2 fully saturated rings. The first-order valence-corrected chi connectivity index (χ1v) is 11.5. The number of halogens is 3. The molecule has 8 nitrogen and oxygen atoms in total. The topological polar surface area (TPSA) is 106 Å². The van der Waals surface area contributed by atoms with Crippen molar-refractivity contribution in [3.05, 3.63) is 30.1 Å². The number of nitrogens with zero attached hydrogens (tertiary/aromatic N) is 2. The fourth-order valence-corrected chi connectivity index (χ4v) is 5.17. The van der Waals surface area contributed by atoms with E-state index in [1.807, 2.05) is 25.1 Å². The maximum atomic E-state index is 12.1. The van der Waals surface area contributed by atoms with Crippen LogP contribution in [0.3, 0.4) is 0 Å². The van der Waals surface area contributed by atoms with Crippen molar-refractivity contribution < 1.29 is 41.0 Å². The molecule has 0 aromatic carbocycles. The molecule has 1 N–H and O–H groups in total. The van der Waals surface area contributed by atoms with Gasteiger partial charge >= 0.3 is 12.1 Å². The number of hydrogen-bond donors (Lipinski definition) is 1. The highest BCUT2D eigenvalue weighted by molar-refractivity contribution is 7.89. The Labute approximate surface area is 179 Å². The Morgan fingerprint density at radius 1 is 1.39 bits per heavy atom. The second-order valence-electron chi connectivity index (χ2n) is 7.45. The summed E-state index contributed by atoms with van der Waals surface area (Å²) >= 11 is 0. The minimum atomic E-state index is -5.08. The van der Waals surface area contributed by atoms with Crippen LogP contribution in [0, 0.1) is 5.92 Å². The van der Waals surface area contributed by atoms with Gasteiger partial charge in [-0.3, -0.25) is 4.98 Å². The van der Waals surface area contributed by atoms with Crippen LogP contribution < -0.4 is 0 Å². The van der Waals surface area contributed by atoms with E-state index in [0.717, 1.165) is 18.5 Å². The molecule has 1 atom stereocenters. The van der Waals surface area contributed by atoms with Crippen LogP contribution in [0.25, 0.3) is 0 Å². The monoisotopic (exact) mass is 468 g/mol. The molecule has 3 rings (SSSR count). The zero-order valence-corrected chi connectivity index (χ0v) is 18.0. The molecular formula is C19H27F3N2O6S. The molecule has 2 aliphatic rings. The van der Waals surface area contributed by atoms with Crippen molar-refractivity contribution in [1.29, 1.82) is 0 Å². The Morgan fingerprint density at radius 2 is 2.06 bits per heavy atom. The molecule has 1 aromatic rings. The summed E-state index contributed by atoms with van der Waals surface area (Å²) in [5.41, 5.74) is 0.644. The van der Waals surface area contributed by atoms with Crippen molar-refractivity contribution in [2.75, 3.05) is 32.1 Å². The lowest BCUT2D eigenvalue weighted by Crippen LogP contribution is -2.66. The highest BCUT2D eigenvalue weighted by Gasteiger charge is 2.55. The maximum absolute atomic E-state index is 12.1. The lowest BCUT2D eigenvalue weighted by atomic mass is 9.80. The molecular weight excluding hydrogens is 441 g/mol. The van der Waals surface area contributed by atoms with Crippen molar-refractivity contribution in [3.63, 3.8) is 0 Å². The predicted octanol–water partition coefficient (Wildman–Crippen LogP) is 2.45. The predicted molar refractivity (Wildman–Crippen MR) is 105 cm³/mol. The van der Waals surface area contributed by atoms with Crippen LogP contribution in [-0.4, -0.2) is 72.6 Å². The number of carboxylic acid groups (broad SMARTS) is 1. The Morgan fingerprint density at radius 3 is 2.61 bits per heavy atom. The first-order valence-electron chi connectivity index (χ1n) is 9.90. The zero-order valence-electron chi connectivity index (χ0n) is 17.2. The van der Waals surface area contributed by atoms with Gasteiger partial charge in [0.1, 0.15) is 0 Å². The van der Waals surface area contributed by atoms with Crippen molar-refractivity contribution in [2.45, 2.75) is 44.6 Å². The molecule has 0 radical (unpaired) electrons. The van der Waals surface area contributed by atoms with Crippen LogP contribution in [0.15, 0.2) is 24.4 Å². The number of aliphatic carboxylic acids is 1. The molecule has 0 aliphatic carbocycles. The van der Waals surface area contributed by atoms with E-state index in [-0.39, 0.29) is 11.4 Å². The van der Waals surface area contributed by atoms with Crippen LogP contribution in [0.1, 0.15) is 31.9 Å². The lowest BCUT2D eigenvalue weighted by Gasteiger charge is -2.49. The van der Waals surface area contributed by atoms with E-state index < -0.39 is 22.2 Å². The molecule has 176 valence electrons. The average molecular weight is 468 g/mol. The summed E-state index contributed by atoms with van der Waals surface area (Å²) < 4.78 is 69.2. The van der Waals surface area contributed by atoms with Gasteiger partial charge in [0.25, 0.3) is 0 Å². The Balaban J connectivity index is 0.000000423. The van der Waals surface area contributed by atoms with E-state index in [1.54, 1.807) is 10.5 Å². The number of alkyl halides is 3. The van der Waals surface area contributed by atoms with Crippen LogP contribution in [0.4, 0.5) is 13.2 Å². The second-order valence-corrected chi connectivity index (χ2v) is 9.54. The first-order chi connectivity index (χ1) is 14.5. The first kappa shape index (κ1) is 25.5. The molecule has 12 heteroatoms. The van der Waals surface area contributed by atoms with Gasteiger partial charge in [0.15, 0.2) is 0 Å². The third-order valence-electron chi connectivity index (χ3n) is 5.17. The van der Waals surface area contributed by atoms with Crippen LogP contribution in [-0.2, 0) is 30.9 Å². The van der Waals surface area contributed by atoms with Gasteiger partial charge in [-0.1, -0.05) is 13.0 Å². The summed E-state index contributed by atoms with van der Waals surface area (Å²) in [4.78, 5) is 13.1. The smallest absolute Gasteiger partial charge is 0.475 e. The fourth-order valence-electron chi connectivity index (χ4n) is 3.56. The highest BCUT2D eigenvalue weighted by Crippen LogP contribution is 2.42. The molecule has 0 saturated carbocycles. The fraction of sp³-hybridized carbons (Fsp3) is 0.684. The molecule has 31 heavy (non-hydrogen) atoms. The number of carbonyl (C=O) groups is 1. The van der Waals surface area contributed by atoms with E-state index in [1.165, 1.54) is 0 Å². The summed E-state index contributed by atoms with van der Waals surface area (Å²) in [5, 5.41) is 7.12. The molecule has 2 saturated heterocycles. The van der Waals surface area contributed by atoms with Gasteiger partial charge in [0.2, 0.25) is 10.0 Å². The van der Waals surface area contributed by atoms with E-state index in [2.05, 4.69) is 4.98 Å². The lowest BCUT2D eigenvalue weighted by molar-refractivity contribution is -0.192. The van der Waals surface area contributed by atoms with Crippen molar-refractivity contribution in [3.8, 4) is 0 Å². The van der Waals surface area contributed by atoms with E-state index in [4.69, 9.17) is 19.4 Å². The van der Waals surface area contributed by atoms with Crippen LogP contribution in [0.5, 0.6) is 0 Å². The van der Waals surface area contributed by atoms with Crippen molar-refractivity contribution >= 4 is 16.0 Å². The normalized spacial score (nSPS) is 20.7. The molecule has 3 heterocycles. The maximum Gasteiger partial charge on any atom is 0.490 e. The number of rotatable bonds is 8.